The van der Waals surface area contributed by atoms with E-state index in [0.717, 1.165) is 17.6 Å². The summed E-state index contributed by atoms with van der Waals surface area (Å²) in [6.07, 6.45) is 0. The number of aromatic nitrogens is 3. The quantitative estimate of drug-likeness (QED) is 0.674. The summed E-state index contributed by atoms with van der Waals surface area (Å²) in [4.78, 5) is 0. The Balaban J connectivity index is 2.03. The number of hydrogen-bond acceptors (Lipinski definition) is 2. The van der Waals surface area contributed by atoms with Crippen molar-refractivity contribution < 1.29 is 0 Å². The van der Waals surface area contributed by atoms with E-state index < -0.39 is 0 Å². The van der Waals surface area contributed by atoms with E-state index >= 15 is 0 Å². The van der Waals surface area contributed by atoms with Crippen molar-refractivity contribution in [3.63, 3.8) is 0 Å². The third-order valence-corrected chi connectivity index (χ3v) is 3.75. The van der Waals surface area contributed by atoms with Gasteiger partial charge in [-0.25, -0.2) is 4.68 Å². The van der Waals surface area contributed by atoms with Crippen molar-refractivity contribution in [3.05, 3.63) is 57.7 Å². The molecule has 0 unspecified atom stereocenters. The molecule has 0 radical (unpaired) electrons. The molecule has 0 N–H and O–H groups in total. The molecule has 0 bridgehead atoms. The highest BCUT2D eigenvalue weighted by Crippen LogP contribution is 2.16. The average molecular weight is 335 g/mol. The molecule has 3 nitrogen and oxygen atoms in total. The van der Waals surface area contributed by atoms with Crippen molar-refractivity contribution in [2.24, 2.45) is 0 Å². The lowest BCUT2D eigenvalue weighted by Crippen LogP contribution is -2.03. The normalized spacial score (nSPS) is 10.9. The van der Waals surface area contributed by atoms with Crippen LogP contribution in [0.1, 0.15) is 5.56 Å². The second kappa shape index (κ2) is 4.44. The maximum atomic E-state index is 4.20. The zero-order chi connectivity index (χ0) is 11.7. The van der Waals surface area contributed by atoms with Gasteiger partial charge in [0.25, 0.3) is 0 Å². The zero-order valence-corrected chi connectivity index (χ0v) is 11.2. The van der Waals surface area contributed by atoms with Crippen molar-refractivity contribution in [3.8, 4) is 0 Å². The van der Waals surface area contributed by atoms with Crippen molar-refractivity contribution in [1.29, 1.82) is 0 Å². The van der Waals surface area contributed by atoms with Gasteiger partial charge in [0.15, 0.2) is 0 Å². The predicted octanol–water partition coefficient (Wildman–Crippen LogP) is 3.08. The first kappa shape index (κ1) is 10.7. The largest absolute Gasteiger partial charge is 0.240 e. The molecule has 0 amide bonds. The summed E-state index contributed by atoms with van der Waals surface area (Å²) < 4.78 is 3.19. The van der Waals surface area contributed by atoms with Crippen LogP contribution < -0.4 is 0 Å². The lowest BCUT2D eigenvalue weighted by Gasteiger charge is -2.04. The lowest BCUT2D eigenvalue weighted by molar-refractivity contribution is 0.668. The molecule has 0 aliphatic heterocycles. The van der Waals surface area contributed by atoms with Gasteiger partial charge in [-0.05, 0) is 46.4 Å². The Morgan fingerprint density at radius 2 is 1.76 bits per heavy atom. The van der Waals surface area contributed by atoms with E-state index in [9.17, 15) is 0 Å². The van der Waals surface area contributed by atoms with E-state index in [1.165, 1.54) is 9.13 Å². The molecule has 4 heteroatoms. The number of halogens is 1. The van der Waals surface area contributed by atoms with Crippen LogP contribution in [-0.4, -0.2) is 15.0 Å². The monoisotopic (exact) mass is 335 g/mol. The summed E-state index contributed by atoms with van der Waals surface area (Å²) in [5.41, 5.74) is 3.29. The van der Waals surface area contributed by atoms with Gasteiger partial charge < -0.3 is 0 Å². The van der Waals surface area contributed by atoms with Crippen LogP contribution in [0.2, 0.25) is 0 Å². The fourth-order valence-corrected chi connectivity index (χ4v) is 2.38. The molecule has 0 fully saturated rings. The van der Waals surface area contributed by atoms with Gasteiger partial charge in [0.1, 0.15) is 5.52 Å². The molecular weight excluding hydrogens is 325 g/mol. The minimum Gasteiger partial charge on any atom is -0.240 e. The van der Waals surface area contributed by atoms with E-state index in [2.05, 4.69) is 51.1 Å². The second-order valence-electron chi connectivity index (χ2n) is 3.83. The van der Waals surface area contributed by atoms with Crippen molar-refractivity contribution >= 4 is 33.6 Å². The summed E-state index contributed by atoms with van der Waals surface area (Å²) in [5, 5.41) is 8.35. The molecule has 0 saturated heterocycles. The first-order chi connectivity index (χ1) is 8.34. The van der Waals surface area contributed by atoms with Crippen LogP contribution in [0.4, 0.5) is 0 Å². The fourth-order valence-electron chi connectivity index (χ4n) is 1.82. The molecule has 1 heterocycles. The van der Waals surface area contributed by atoms with Gasteiger partial charge in [0.2, 0.25) is 0 Å². The molecule has 0 aliphatic carbocycles. The summed E-state index contributed by atoms with van der Waals surface area (Å²) >= 11 is 2.35. The molecule has 3 aromatic rings. The summed E-state index contributed by atoms with van der Waals surface area (Å²) in [5.74, 6) is 0. The molecule has 0 saturated carbocycles. The molecule has 0 aliphatic rings. The van der Waals surface area contributed by atoms with Crippen LogP contribution in [0.15, 0.2) is 48.5 Å². The van der Waals surface area contributed by atoms with Gasteiger partial charge in [0.05, 0.1) is 12.1 Å². The van der Waals surface area contributed by atoms with Gasteiger partial charge in [-0.1, -0.05) is 35.5 Å². The van der Waals surface area contributed by atoms with Gasteiger partial charge in [-0.3, -0.25) is 0 Å². The van der Waals surface area contributed by atoms with Crippen LogP contribution in [-0.2, 0) is 6.54 Å². The zero-order valence-electron chi connectivity index (χ0n) is 9.05. The number of rotatable bonds is 2. The molecule has 1 aromatic heterocycles. The van der Waals surface area contributed by atoms with Crippen molar-refractivity contribution in [2.45, 2.75) is 6.54 Å². The van der Waals surface area contributed by atoms with E-state index in [1.54, 1.807) is 0 Å². The van der Waals surface area contributed by atoms with Gasteiger partial charge >= 0.3 is 0 Å². The Morgan fingerprint density at radius 1 is 1.00 bits per heavy atom. The first-order valence-electron chi connectivity index (χ1n) is 5.36. The van der Waals surface area contributed by atoms with E-state index in [4.69, 9.17) is 0 Å². The Bertz CT molecular complexity index is 660. The first-order valence-corrected chi connectivity index (χ1v) is 6.44. The maximum absolute atomic E-state index is 4.20. The number of benzene rings is 2. The number of para-hydroxylation sites is 1. The van der Waals surface area contributed by atoms with Crippen LogP contribution in [0.25, 0.3) is 11.0 Å². The van der Waals surface area contributed by atoms with Crippen LogP contribution in [0.5, 0.6) is 0 Å². The van der Waals surface area contributed by atoms with Crippen LogP contribution in [0.3, 0.4) is 0 Å². The average Bonchev–Trinajstić information content (AvgIpc) is 2.76. The number of hydrogen-bond donors (Lipinski definition) is 0. The Hall–Kier alpha value is -1.43. The maximum Gasteiger partial charge on any atom is 0.113 e. The highest BCUT2D eigenvalue weighted by atomic mass is 127. The Kier molecular flexibility index (Phi) is 2.80. The summed E-state index contributed by atoms with van der Waals surface area (Å²) in [6, 6.07) is 16.3. The predicted molar refractivity (Wildman–Crippen MR) is 75.8 cm³/mol. The van der Waals surface area contributed by atoms with Gasteiger partial charge in [-0.15, -0.1) is 5.10 Å². The smallest absolute Gasteiger partial charge is 0.113 e. The third-order valence-electron chi connectivity index (χ3n) is 2.70. The highest BCUT2D eigenvalue weighted by molar-refractivity contribution is 14.1. The Labute approximate surface area is 113 Å². The molecule has 0 spiro atoms. The van der Waals surface area contributed by atoms with Crippen molar-refractivity contribution in [1.82, 2.24) is 15.0 Å². The molecule has 2 aromatic carbocycles. The third kappa shape index (κ3) is 2.04. The standard InChI is InChI=1S/C13H10IN3/c14-11-6-2-1-5-10(11)9-17-13-8-4-3-7-12(13)15-16-17/h1-8H,9H2. The summed E-state index contributed by atoms with van der Waals surface area (Å²) in [7, 11) is 0. The summed E-state index contributed by atoms with van der Waals surface area (Å²) in [6.45, 7) is 0.764. The van der Waals surface area contributed by atoms with Crippen molar-refractivity contribution in [2.75, 3.05) is 0 Å². The lowest BCUT2D eigenvalue weighted by atomic mass is 10.2. The van der Waals surface area contributed by atoms with E-state index in [-0.39, 0.29) is 0 Å². The number of nitrogens with zero attached hydrogens (tertiary/aromatic N) is 3. The second-order valence-corrected chi connectivity index (χ2v) is 4.99. The Morgan fingerprint density at radius 3 is 2.65 bits per heavy atom. The van der Waals surface area contributed by atoms with Crippen LogP contribution in [0, 0.1) is 3.57 Å². The SMILES string of the molecule is Ic1ccccc1Cn1nnc2ccccc21. The van der Waals surface area contributed by atoms with E-state index in [0.29, 0.717) is 0 Å². The molecule has 17 heavy (non-hydrogen) atoms. The number of fused-ring (bicyclic) bond motifs is 1. The minimum absolute atomic E-state index is 0.764. The topological polar surface area (TPSA) is 30.7 Å². The molecule has 0 atom stereocenters. The fraction of sp³-hybridized carbons (Fsp3) is 0.0769. The van der Waals surface area contributed by atoms with Crippen LogP contribution >= 0.6 is 22.6 Å². The molecule has 3 rings (SSSR count). The minimum atomic E-state index is 0.764. The van der Waals surface area contributed by atoms with E-state index in [1.807, 2.05) is 35.0 Å². The highest BCUT2D eigenvalue weighted by Gasteiger charge is 2.05. The molecule has 84 valence electrons. The van der Waals surface area contributed by atoms with Gasteiger partial charge in [-0.2, -0.15) is 0 Å². The molecular formula is C13H10IN3. The van der Waals surface area contributed by atoms with Gasteiger partial charge in [0, 0.05) is 3.57 Å².